The summed E-state index contributed by atoms with van der Waals surface area (Å²) >= 11 is 1.45. The smallest absolute Gasteiger partial charge is 0.240 e. The van der Waals surface area contributed by atoms with E-state index in [9.17, 15) is 4.79 Å². The summed E-state index contributed by atoms with van der Waals surface area (Å²) < 4.78 is 0. The fraction of sp³-hybridized carbons (Fsp3) is 0.600. The van der Waals surface area contributed by atoms with Gasteiger partial charge in [0.2, 0.25) is 5.91 Å². The Balaban J connectivity index is 0.00000144. The van der Waals surface area contributed by atoms with E-state index in [1.807, 2.05) is 12.3 Å². The molecule has 1 aromatic rings. The van der Waals surface area contributed by atoms with Crippen molar-refractivity contribution in [2.75, 3.05) is 25.0 Å². The normalized spacial score (nSPS) is 20.0. The maximum Gasteiger partial charge on any atom is 0.240 e. The van der Waals surface area contributed by atoms with E-state index >= 15 is 0 Å². The maximum atomic E-state index is 11.7. The van der Waals surface area contributed by atoms with Crippen LogP contribution in [0.25, 0.3) is 0 Å². The lowest BCUT2D eigenvalue weighted by molar-refractivity contribution is -0.117. The molecule has 0 saturated carbocycles. The molecule has 1 saturated heterocycles. The van der Waals surface area contributed by atoms with Gasteiger partial charge in [-0.25, -0.2) is 4.98 Å². The Bertz CT molecular complexity index is 384. The largest absolute Gasteiger partial charge is 0.326 e. The first-order valence-corrected chi connectivity index (χ1v) is 6.21. The minimum Gasteiger partial charge on any atom is -0.326 e. The highest BCUT2D eigenvalue weighted by Gasteiger charge is 2.21. The summed E-state index contributed by atoms with van der Waals surface area (Å²) in [5, 5.41) is 5.38. The van der Waals surface area contributed by atoms with Gasteiger partial charge in [0.05, 0.1) is 12.2 Å². The Hall–Kier alpha value is -0.690. The van der Waals surface area contributed by atoms with Crippen LogP contribution in [0.5, 0.6) is 0 Å². The van der Waals surface area contributed by atoms with E-state index in [0.29, 0.717) is 11.7 Å². The first-order chi connectivity index (χ1) is 7.63. The quantitative estimate of drug-likeness (QED) is 0.858. The number of thiazole rings is 1. The van der Waals surface area contributed by atoms with Gasteiger partial charge in [-0.3, -0.25) is 9.69 Å². The molecule has 1 aliphatic heterocycles. The first kappa shape index (κ1) is 14.4. The molecule has 7 heteroatoms. The fourth-order valence-electron chi connectivity index (χ4n) is 1.78. The van der Waals surface area contributed by atoms with Gasteiger partial charge in [0.25, 0.3) is 0 Å². The van der Waals surface area contributed by atoms with Crippen molar-refractivity contribution in [3.05, 3.63) is 11.1 Å². The minimum atomic E-state index is -0.0107. The summed E-state index contributed by atoms with van der Waals surface area (Å²) in [6.45, 7) is 4.04. The summed E-state index contributed by atoms with van der Waals surface area (Å²) in [7, 11) is 0. The number of nitrogens with zero attached hydrogens (tertiary/aromatic N) is 2. The Kier molecular flexibility index (Phi) is 5.32. The molecule has 0 unspecified atom stereocenters. The zero-order valence-electron chi connectivity index (χ0n) is 9.68. The Morgan fingerprint density at radius 2 is 2.53 bits per heavy atom. The van der Waals surface area contributed by atoms with Crippen LogP contribution in [0, 0.1) is 6.92 Å². The maximum absolute atomic E-state index is 11.7. The molecule has 2 rings (SSSR count). The van der Waals surface area contributed by atoms with Gasteiger partial charge in [0.1, 0.15) is 0 Å². The highest BCUT2D eigenvalue weighted by Crippen LogP contribution is 2.14. The summed E-state index contributed by atoms with van der Waals surface area (Å²) in [5.41, 5.74) is 6.71. The van der Waals surface area contributed by atoms with Crippen molar-refractivity contribution in [3.63, 3.8) is 0 Å². The Morgan fingerprint density at radius 1 is 1.76 bits per heavy atom. The molecule has 2 heterocycles. The van der Waals surface area contributed by atoms with E-state index in [1.165, 1.54) is 11.3 Å². The van der Waals surface area contributed by atoms with Crippen LogP contribution in [0.3, 0.4) is 0 Å². The van der Waals surface area contributed by atoms with Crippen LogP contribution < -0.4 is 11.1 Å². The van der Waals surface area contributed by atoms with Gasteiger partial charge >= 0.3 is 0 Å². The third kappa shape index (κ3) is 4.23. The van der Waals surface area contributed by atoms with Gasteiger partial charge < -0.3 is 11.1 Å². The van der Waals surface area contributed by atoms with Crippen LogP contribution in [0.15, 0.2) is 5.38 Å². The number of halogens is 1. The third-order valence-electron chi connectivity index (χ3n) is 2.54. The van der Waals surface area contributed by atoms with Crippen molar-refractivity contribution < 1.29 is 4.79 Å². The monoisotopic (exact) mass is 276 g/mol. The van der Waals surface area contributed by atoms with Gasteiger partial charge in [-0.15, -0.1) is 23.7 Å². The molecule has 1 aromatic heterocycles. The second kappa shape index (κ2) is 6.30. The van der Waals surface area contributed by atoms with Crippen molar-refractivity contribution in [1.82, 2.24) is 9.88 Å². The highest BCUT2D eigenvalue weighted by atomic mass is 35.5. The first-order valence-electron chi connectivity index (χ1n) is 5.33. The molecule has 3 N–H and O–H groups in total. The molecule has 0 bridgehead atoms. The second-order valence-electron chi connectivity index (χ2n) is 4.13. The van der Waals surface area contributed by atoms with E-state index in [1.54, 1.807) is 0 Å². The van der Waals surface area contributed by atoms with E-state index in [0.717, 1.165) is 25.2 Å². The number of carbonyl (C=O) groups is 1. The highest BCUT2D eigenvalue weighted by molar-refractivity contribution is 7.13. The van der Waals surface area contributed by atoms with Gasteiger partial charge in [0, 0.05) is 24.5 Å². The number of amides is 1. The van der Waals surface area contributed by atoms with Gasteiger partial charge in [-0.1, -0.05) is 0 Å². The van der Waals surface area contributed by atoms with E-state index in [2.05, 4.69) is 15.2 Å². The predicted molar refractivity (Wildman–Crippen MR) is 71.8 cm³/mol. The van der Waals surface area contributed by atoms with Gasteiger partial charge in [0.15, 0.2) is 5.13 Å². The molecule has 17 heavy (non-hydrogen) atoms. The lowest BCUT2D eigenvalue weighted by atomic mass is 10.3. The van der Waals surface area contributed by atoms with Gasteiger partial charge in [-0.05, 0) is 13.3 Å². The van der Waals surface area contributed by atoms with Crippen molar-refractivity contribution in [2.45, 2.75) is 19.4 Å². The lowest BCUT2D eigenvalue weighted by Gasteiger charge is -2.13. The lowest BCUT2D eigenvalue weighted by Crippen LogP contribution is -2.33. The van der Waals surface area contributed by atoms with Gasteiger partial charge in [-0.2, -0.15) is 0 Å². The molecule has 0 aliphatic carbocycles. The molecule has 0 aromatic carbocycles. The topological polar surface area (TPSA) is 71.2 Å². The van der Waals surface area contributed by atoms with Crippen LogP contribution >= 0.6 is 23.7 Å². The molecule has 96 valence electrons. The number of aromatic nitrogens is 1. The van der Waals surface area contributed by atoms with Crippen LogP contribution in [0.1, 0.15) is 12.1 Å². The molecule has 5 nitrogen and oxygen atoms in total. The van der Waals surface area contributed by atoms with Crippen LogP contribution in [0.4, 0.5) is 5.13 Å². The standard InChI is InChI=1S/C10H16N4OS.ClH/c1-7-6-16-10(12-7)13-9(15)5-14-3-2-8(11)4-14;/h6,8H,2-5,11H2,1H3,(H,12,13,15);1H/t8-;/m0./s1. The minimum absolute atomic E-state index is 0. The molecular formula is C10H17ClN4OS. The van der Waals surface area contributed by atoms with Crippen molar-refractivity contribution >= 4 is 34.8 Å². The van der Waals surface area contributed by atoms with E-state index < -0.39 is 0 Å². The number of hydrogen-bond acceptors (Lipinski definition) is 5. The summed E-state index contributed by atoms with van der Waals surface area (Å²) in [4.78, 5) is 17.9. The predicted octanol–water partition coefficient (Wildman–Crippen LogP) is 0.845. The zero-order valence-corrected chi connectivity index (χ0v) is 11.3. The fourth-order valence-corrected chi connectivity index (χ4v) is 2.48. The number of hydrogen-bond donors (Lipinski definition) is 2. The number of nitrogens with one attached hydrogen (secondary N) is 1. The van der Waals surface area contributed by atoms with Crippen molar-refractivity contribution in [1.29, 1.82) is 0 Å². The molecule has 1 fully saturated rings. The molecular weight excluding hydrogens is 260 g/mol. The summed E-state index contributed by atoms with van der Waals surface area (Å²) in [5.74, 6) is -0.0107. The summed E-state index contributed by atoms with van der Waals surface area (Å²) in [6.07, 6.45) is 0.976. The number of anilines is 1. The Morgan fingerprint density at radius 3 is 3.06 bits per heavy atom. The summed E-state index contributed by atoms with van der Waals surface area (Å²) in [6, 6.07) is 0.218. The zero-order chi connectivity index (χ0) is 11.5. The molecule has 1 atom stereocenters. The number of carbonyl (C=O) groups excluding carboxylic acids is 1. The average molecular weight is 277 g/mol. The number of rotatable bonds is 3. The van der Waals surface area contributed by atoms with E-state index in [4.69, 9.17) is 5.73 Å². The van der Waals surface area contributed by atoms with Crippen LogP contribution in [-0.4, -0.2) is 41.5 Å². The van der Waals surface area contributed by atoms with Crippen LogP contribution in [0.2, 0.25) is 0 Å². The third-order valence-corrected chi connectivity index (χ3v) is 3.42. The van der Waals surface area contributed by atoms with Crippen molar-refractivity contribution in [2.24, 2.45) is 5.73 Å². The molecule has 1 amide bonds. The molecule has 1 aliphatic rings. The Labute approximate surface area is 111 Å². The van der Waals surface area contributed by atoms with E-state index in [-0.39, 0.29) is 24.4 Å². The number of likely N-dealkylation sites (tertiary alicyclic amines) is 1. The average Bonchev–Trinajstić information content (AvgIpc) is 2.76. The molecule has 0 spiro atoms. The SMILES string of the molecule is Cc1csc(NC(=O)CN2CC[C@H](N)C2)n1.Cl. The molecule has 0 radical (unpaired) electrons. The number of aryl methyl sites for hydroxylation is 1. The second-order valence-corrected chi connectivity index (χ2v) is 4.98. The van der Waals surface area contributed by atoms with Crippen LogP contribution in [-0.2, 0) is 4.79 Å². The number of nitrogens with two attached hydrogens (primary N) is 1. The van der Waals surface area contributed by atoms with Crippen molar-refractivity contribution in [3.8, 4) is 0 Å².